The van der Waals surface area contributed by atoms with E-state index < -0.39 is 0 Å². The summed E-state index contributed by atoms with van der Waals surface area (Å²) in [4.78, 5) is 2.53. The summed E-state index contributed by atoms with van der Waals surface area (Å²) in [7, 11) is 0. The van der Waals surface area contributed by atoms with E-state index in [-0.39, 0.29) is 0 Å². The molecule has 0 radical (unpaired) electrons. The van der Waals surface area contributed by atoms with Crippen molar-refractivity contribution in [3.63, 3.8) is 0 Å². The second kappa shape index (κ2) is 6.03. The monoisotopic (exact) mass is 194 g/mol. The maximum absolute atomic E-state index is 8.59. The van der Waals surface area contributed by atoms with Gasteiger partial charge in [-0.25, -0.2) is 0 Å². The molecule has 1 aliphatic rings. The molecule has 0 atom stereocenters. The smallest absolute Gasteiger partial charge is 0.0635 e. The standard InChI is InChI=1S/C12H22N2/c1-3-11(4-2)10-14(9-5-8-13)12-6-7-12/h11-12H,3-7,9-10H2,1-2H3. The van der Waals surface area contributed by atoms with Gasteiger partial charge in [-0.15, -0.1) is 0 Å². The molecule has 0 bridgehead atoms. The summed E-state index contributed by atoms with van der Waals surface area (Å²) >= 11 is 0. The van der Waals surface area contributed by atoms with Crippen LogP contribution < -0.4 is 0 Å². The highest BCUT2D eigenvalue weighted by Gasteiger charge is 2.29. The van der Waals surface area contributed by atoms with Gasteiger partial charge in [0.2, 0.25) is 0 Å². The number of rotatable bonds is 7. The van der Waals surface area contributed by atoms with Gasteiger partial charge in [0, 0.05) is 25.6 Å². The molecule has 0 N–H and O–H groups in total. The van der Waals surface area contributed by atoms with Gasteiger partial charge in [-0.05, 0) is 18.8 Å². The second-order valence-electron chi connectivity index (χ2n) is 4.32. The lowest BCUT2D eigenvalue weighted by Gasteiger charge is -2.25. The van der Waals surface area contributed by atoms with Crippen molar-refractivity contribution in [3.8, 4) is 6.07 Å². The van der Waals surface area contributed by atoms with Crippen molar-refractivity contribution in [2.45, 2.75) is 52.0 Å². The minimum Gasteiger partial charge on any atom is -0.299 e. The zero-order valence-electron chi connectivity index (χ0n) is 9.50. The third-order valence-corrected chi connectivity index (χ3v) is 3.22. The van der Waals surface area contributed by atoms with Crippen molar-refractivity contribution in [1.82, 2.24) is 4.90 Å². The maximum atomic E-state index is 8.59. The third kappa shape index (κ3) is 3.67. The Balaban J connectivity index is 2.30. The summed E-state index contributed by atoms with van der Waals surface area (Å²) in [5.74, 6) is 0.828. The van der Waals surface area contributed by atoms with Crippen molar-refractivity contribution < 1.29 is 0 Å². The molecule has 2 nitrogen and oxygen atoms in total. The van der Waals surface area contributed by atoms with Gasteiger partial charge < -0.3 is 0 Å². The number of hydrogen-bond acceptors (Lipinski definition) is 2. The lowest BCUT2D eigenvalue weighted by Crippen LogP contribution is -2.32. The van der Waals surface area contributed by atoms with Crippen molar-refractivity contribution in [3.05, 3.63) is 0 Å². The molecule has 1 rings (SSSR count). The Morgan fingerprint density at radius 1 is 1.36 bits per heavy atom. The number of nitrogens with zero attached hydrogens (tertiary/aromatic N) is 2. The van der Waals surface area contributed by atoms with Crippen molar-refractivity contribution in [2.24, 2.45) is 5.92 Å². The molecular weight excluding hydrogens is 172 g/mol. The summed E-state index contributed by atoms with van der Waals surface area (Å²) in [5, 5.41) is 8.59. The zero-order chi connectivity index (χ0) is 10.4. The predicted octanol–water partition coefficient (Wildman–Crippen LogP) is 2.80. The molecule has 0 aromatic carbocycles. The van der Waals surface area contributed by atoms with Gasteiger partial charge in [-0.1, -0.05) is 26.7 Å². The number of hydrogen-bond donors (Lipinski definition) is 0. The van der Waals surface area contributed by atoms with Crippen LogP contribution in [0.2, 0.25) is 0 Å². The van der Waals surface area contributed by atoms with Crippen LogP contribution in [0.4, 0.5) is 0 Å². The first-order valence-corrected chi connectivity index (χ1v) is 5.92. The highest BCUT2D eigenvalue weighted by atomic mass is 15.2. The highest BCUT2D eigenvalue weighted by molar-refractivity contribution is 4.87. The van der Waals surface area contributed by atoms with Crippen molar-refractivity contribution in [1.29, 1.82) is 5.26 Å². The molecule has 14 heavy (non-hydrogen) atoms. The molecule has 0 heterocycles. The lowest BCUT2D eigenvalue weighted by molar-refractivity contribution is 0.219. The fourth-order valence-electron chi connectivity index (χ4n) is 1.93. The third-order valence-electron chi connectivity index (χ3n) is 3.22. The minimum atomic E-state index is 0.691. The van der Waals surface area contributed by atoms with Crippen LogP contribution >= 0.6 is 0 Å². The Morgan fingerprint density at radius 2 is 2.00 bits per heavy atom. The van der Waals surface area contributed by atoms with E-state index in [4.69, 9.17) is 5.26 Å². The lowest BCUT2D eigenvalue weighted by atomic mass is 10.0. The zero-order valence-corrected chi connectivity index (χ0v) is 9.50. The van der Waals surface area contributed by atoms with Crippen LogP contribution in [0.25, 0.3) is 0 Å². The normalized spacial score (nSPS) is 16.2. The first-order valence-electron chi connectivity index (χ1n) is 5.92. The van der Waals surface area contributed by atoms with Gasteiger partial charge in [0.1, 0.15) is 0 Å². The Labute approximate surface area is 87.9 Å². The molecule has 0 aliphatic heterocycles. The van der Waals surface area contributed by atoms with Gasteiger partial charge in [-0.2, -0.15) is 5.26 Å². The molecule has 80 valence electrons. The molecule has 1 aliphatic carbocycles. The highest BCUT2D eigenvalue weighted by Crippen LogP contribution is 2.28. The van der Waals surface area contributed by atoms with Gasteiger partial charge in [0.05, 0.1) is 6.07 Å². The predicted molar refractivity (Wildman–Crippen MR) is 58.9 cm³/mol. The van der Waals surface area contributed by atoms with E-state index >= 15 is 0 Å². The first kappa shape index (κ1) is 11.5. The van der Waals surface area contributed by atoms with Crippen LogP contribution in [0.5, 0.6) is 0 Å². The largest absolute Gasteiger partial charge is 0.299 e. The van der Waals surface area contributed by atoms with E-state index in [9.17, 15) is 0 Å². The van der Waals surface area contributed by atoms with Crippen LogP contribution in [-0.4, -0.2) is 24.0 Å². The van der Waals surface area contributed by atoms with Gasteiger partial charge in [0.15, 0.2) is 0 Å². The van der Waals surface area contributed by atoms with Crippen molar-refractivity contribution in [2.75, 3.05) is 13.1 Å². The second-order valence-corrected chi connectivity index (χ2v) is 4.32. The molecule has 2 heteroatoms. The van der Waals surface area contributed by atoms with E-state index in [2.05, 4.69) is 24.8 Å². The average Bonchev–Trinajstić information content (AvgIpc) is 3.02. The van der Waals surface area contributed by atoms with E-state index in [1.165, 1.54) is 32.2 Å². The van der Waals surface area contributed by atoms with Crippen LogP contribution in [0, 0.1) is 17.2 Å². The van der Waals surface area contributed by atoms with Gasteiger partial charge >= 0.3 is 0 Å². The summed E-state index contributed by atoms with van der Waals surface area (Å²) in [6, 6.07) is 3.06. The van der Waals surface area contributed by atoms with Crippen LogP contribution in [-0.2, 0) is 0 Å². The quantitative estimate of drug-likeness (QED) is 0.623. The molecule has 0 aromatic rings. The molecule has 0 aromatic heterocycles. The Hall–Kier alpha value is -0.550. The first-order chi connectivity index (χ1) is 6.81. The topological polar surface area (TPSA) is 27.0 Å². The molecule has 0 saturated heterocycles. The van der Waals surface area contributed by atoms with Crippen LogP contribution in [0.15, 0.2) is 0 Å². The Morgan fingerprint density at radius 3 is 2.43 bits per heavy atom. The Kier molecular flexibility index (Phi) is 4.97. The van der Waals surface area contributed by atoms with Crippen molar-refractivity contribution >= 4 is 0 Å². The minimum absolute atomic E-state index is 0.691. The molecule has 1 saturated carbocycles. The van der Waals surface area contributed by atoms with Crippen LogP contribution in [0.3, 0.4) is 0 Å². The average molecular weight is 194 g/mol. The fraction of sp³-hybridized carbons (Fsp3) is 0.917. The summed E-state index contributed by atoms with van der Waals surface area (Å²) in [5.41, 5.74) is 0. The van der Waals surface area contributed by atoms with E-state index in [0.717, 1.165) is 18.5 Å². The summed E-state index contributed by atoms with van der Waals surface area (Å²) in [6.45, 7) is 6.73. The van der Waals surface area contributed by atoms with E-state index in [1.54, 1.807) is 0 Å². The number of nitriles is 1. The molecular formula is C12H22N2. The van der Waals surface area contributed by atoms with E-state index in [1.807, 2.05) is 0 Å². The fourth-order valence-corrected chi connectivity index (χ4v) is 1.93. The maximum Gasteiger partial charge on any atom is 0.0635 e. The molecule has 0 spiro atoms. The summed E-state index contributed by atoms with van der Waals surface area (Å²) in [6.07, 6.45) is 5.94. The Bertz CT molecular complexity index is 187. The molecule has 1 fully saturated rings. The van der Waals surface area contributed by atoms with Crippen LogP contribution in [0.1, 0.15) is 46.0 Å². The SMILES string of the molecule is CCC(CC)CN(CCC#N)C1CC1. The molecule has 0 amide bonds. The molecule has 0 unspecified atom stereocenters. The van der Waals surface area contributed by atoms with Gasteiger partial charge in [0.25, 0.3) is 0 Å². The summed E-state index contributed by atoms with van der Waals surface area (Å²) < 4.78 is 0. The van der Waals surface area contributed by atoms with Gasteiger partial charge in [-0.3, -0.25) is 4.90 Å². The van der Waals surface area contributed by atoms with E-state index in [0.29, 0.717) is 6.42 Å².